The molecule has 4 rings (SSSR count). The van der Waals surface area contributed by atoms with Crippen molar-refractivity contribution in [2.24, 2.45) is 0 Å². The van der Waals surface area contributed by atoms with E-state index in [1.54, 1.807) is 36.7 Å². The van der Waals surface area contributed by atoms with Gasteiger partial charge in [-0.3, -0.25) is 19.5 Å². The summed E-state index contributed by atoms with van der Waals surface area (Å²) >= 11 is 0. The fraction of sp³-hybridized carbons (Fsp3) is 0.276. The molecule has 7 heteroatoms. The molecule has 1 aliphatic rings. The molecule has 186 valence electrons. The first-order valence-electron chi connectivity index (χ1n) is 12.0. The third-order valence-corrected chi connectivity index (χ3v) is 6.32. The van der Waals surface area contributed by atoms with E-state index < -0.39 is 17.7 Å². The molecule has 2 aromatic carbocycles. The number of Topliss-reactive ketones (excluding diaryl/α,β-unsaturated/α-hetero) is 1. The number of aliphatic hydroxyl groups is 1. The zero-order valence-corrected chi connectivity index (χ0v) is 21.2. The van der Waals surface area contributed by atoms with E-state index in [2.05, 4.69) is 4.98 Å². The van der Waals surface area contributed by atoms with Crippen LogP contribution in [-0.2, 0) is 9.59 Å². The molecular weight excluding hydrogens is 454 g/mol. The Morgan fingerprint density at radius 2 is 1.72 bits per heavy atom. The summed E-state index contributed by atoms with van der Waals surface area (Å²) < 4.78 is 5.75. The second kappa shape index (κ2) is 10.2. The lowest BCUT2D eigenvalue weighted by Crippen LogP contribution is -2.29. The number of hydrogen-bond donors (Lipinski definition) is 1. The van der Waals surface area contributed by atoms with Gasteiger partial charge in [0, 0.05) is 43.4 Å². The Morgan fingerprint density at radius 1 is 1.06 bits per heavy atom. The molecule has 1 unspecified atom stereocenters. The third-order valence-electron chi connectivity index (χ3n) is 6.32. The quantitative estimate of drug-likeness (QED) is 0.278. The summed E-state index contributed by atoms with van der Waals surface area (Å²) in [5.41, 5.74) is 3.63. The van der Waals surface area contributed by atoms with E-state index in [1.165, 1.54) is 4.90 Å². The number of aliphatic hydroxyl groups excluding tert-OH is 1. The van der Waals surface area contributed by atoms with Gasteiger partial charge in [-0.2, -0.15) is 0 Å². The maximum atomic E-state index is 13.4. The van der Waals surface area contributed by atoms with Crippen LogP contribution in [0.5, 0.6) is 5.75 Å². The van der Waals surface area contributed by atoms with E-state index in [-0.39, 0.29) is 17.3 Å². The normalized spacial score (nSPS) is 17.1. The minimum Gasteiger partial charge on any atom is -0.507 e. The highest BCUT2D eigenvalue weighted by atomic mass is 16.5. The lowest BCUT2D eigenvalue weighted by molar-refractivity contribution is -0.132. The topological polar surface area (TPSA) is 83.0 Å². The highest BCUT2D eigenvalue weighted by molar-refractivity contribution is 6.51. The van der Waals surface area contributed by atoms with Gasteiger partial charge in [-0.25, -0.2) is 0 Å². The van der Waals surface area contributed by atoms with Crippen molar-refractivity contribution in [3.8, 4) is 5.75 Å². The van der Waals surface area contributed by atoms with Gasteiger partial charge in [-0.05, 0) is 78.6 Å². The minimum atomic E-state index is -0.799. The number of carbonyl (C=O) groups excluding carboxylic acids is 2. The summed E-state index contributed by atoms with van der Waals surface area (Å²) in [5, 5.41) is 11.5. The van der Waals surface area contributed by atoms with Gasteiger partial charge in [0.2, 0.25) is 0 Å². The average Bonchev–Trinajstić information content (AvgIpc) is 3.14. The zero-order valence-electron chi connectivity index (χ0n) is 21.2. The predicted molar refractivity (Wildman–Crippen MR) is 141 cm³/mol. The smallest absolute Gasteiger partial charge is 0.300 e. The van der Waals surface area contributed by atoms with Crippen LogP contribution in [0.15, 0.2) is 72.6 Å². The van der Waals surface area contributed by atoms with Crippen molar-refractivity contribution >= 4 is 28.8 Å². The van der Waals surface area contributed by atoms with Crippen LogP contribution in [0.4, 0.5) is 11.4 Å². The van der Waals surface area contributed by atoms with Crippen molar-refractivity contribution in [3.05, 3.63) is 89.3 Å². The van der Waals surface area contributed by atoms with Crippen molar-refractivity contribution in [2.45, 2.75) is 32.7 Å². The van der Waals surface area contributed by atoms with Gasteiger partial charge in [0.25, 0.3) is 11.7 Å². The van der Waals surface area contributed by atoms with Crippen LogP contribution in [0.3, 0.4) is 0 Å². The average molecular weight is 486 g/mol. The van der Waals surface area contributed by atoms with Gasteiger partial charge in [0.15, 0.2) is 0 Å². The molecule has 1 amide bonds. The molecule has 1 aliphatic heterocycles. The Bertz CT molecular complexity index is 1300. The number of ether oxygens (including phenoxy) is 1. The number of anilines is 2. The Morgan fingerprint density at radius 3 is 2.31 bits per heavy atom. The van der Waals surface area contributed by atoms with Crippen molar-refractivity contribution < 1.29 is 19.4 Å². The molecule has 7 nitrogen and oxygen atoms in total. The molecule has 1 saturated heterocycles. The van der Waals surface area contributed by atoms with Crippen LogP contribution in [0.25, 0.3) is 5.76 Å². The largest absolute Gasteiger partial charge is 0.507 e. The van der Waals surface area contributed by atoms with E-state index in [4.69, 9.17) is 4.74 Å². The summed E-state index contributed by atoms with van der Waals surface area (Å²) in [7, 11) is 3.86. The van der Waals surface area contributed by atoms with Gasteiger partial charge in [0.1, 0.15) is 11.5 Å². The Balaban J connectivity index is 1.89. The molecule has 0 saturated carbocycles. The Labute approximate surface area is 211 Å². The van der Waals surface area contributed by atoms with Crippen LogP contribution >= 0.6 is 0 Å². The molecule has 0 radical (unpaired) electrons. The summed E-state index contributed by atoms with van der Waals surface area (Å²) in [5.74, 6) is -0.770. The van der Waals surface area contributed by atoms with E-state index in [0.717, 1.165) is 17.0 Å². The van der Waals surface area contributed by atoms with Gasteiger partial charge in [-0.1, -0.05) is 13.8 Å². The number of rotatable bonds is 7. The van der Waals surface area contributed by atoms with Crippen molar-refractivity contribution in [2.75, 3.05) is 30.5 Å². The van der Waals surface area contributed by atoms with Crippen molar-refractivity contribution in [1.82, 2.24) is 4.98 Å². The first kappa shape index (κ1) is 25.0. The van der Waals surface area contributed by atoms with Crippen molar-refractivity contribution in [1.29, 1.82) is 0 Å². The SMILES string of the molecule is CCOc1ccc(/C(O)=C2/C(=O)C(=O)N(c3ccc(N(C)C)cc3)C2c2ccncc2)cc1C(C)C. The highest BCUT2D eigenvalue weighted by Gasteiger charge is 2.47. The number of pyridine rings is 1. The molecule has 2 heterocycles. The van der Waals surface area contributed by atoms with Gasteiger partial charge in [0.05, 0.1) is 18.2 Å². The third kappa shape index (κ3) is 4.56. The summed E-state index contributed by atoms with van der Waals surface area (Å²) in [4.78, 5) is 34.2. The number of amides is 1. The van der Waals surface area contributed by atoms with Gasteiger partial charge < -0.3 is 14.7 Å². The summed E-state index contributed by atoms with van der Waals surface area (Å²) in [6.07, 6.45) is 3.22. The van der Waals surface area contributed by atoms with E-state index in [0.29, 0.717) is 23.4 Å². The predicted octanol–water partition coefficient (Wildman–Crippen LogP) is 5.30. The molecule has 1 N–H and O–H groups in total. The Hall–Kier alpha value is -4.13. The zero-order chi connectivity index (χ0) is 26.0. The molecule has 1 aromatic heterocycles. The van der Waals surface area contributed by atoms with Crippen LogP contribution in [0.2, 0.25) is 0 Å². The second-order valence-electron chi connectivity index (χ2n) is 9.20. The molecule has 36 heavy (non-hydrogen) atoms. The van der Waals surface area contributed by atoms with Crippen LogP contribution in [0, 0.1) is 0 Å². The first-order chi connectivity index (χ1) is 17.2. The monoisotopic (exact) mass is 485 g/mol. The van der Waals surface area contributed by atoms with E-state index in [1.807, 2.05) is 70.1 Å². The molecule has 0 aliphatic carbocycles. The number of ketones is 1. The van der Waals surface area contributed by atoms with E-state index in [9.17, 15) is 14.7 Å². The summed E-state index contributed by atoms with van der Waals surface area (Å²) in [6, 6.07) is 15.4. The van der Waals surface area contributed by atoms with Crippen molar-refractivity contribution in [3.63, 3.8) is 0 Å². The maximum Gasteiger partial charge on any atom is 0.300 e. The highest BCUT2D eigenvalue weighted by Crippen LogP contribution is 2.43. The van der Waals surface area contributed by atoms with Crippen LogP contribution in [-0.4, -0.2) is 42.5 Å². The van der Waals surface area contributed by atoms with E-state index >= 15 is 0 Å². The number of aromatic nitrogens is 1. The van der Waals surface area contributed by atoms with Gasteiger partial charge in [-0.15, -0.1) is 0 Å². The molecular formula is C29H31N3O4. The lowest BCUT2D eigenvalue weighted by Gasteiger charge is -2.26. The molecule has 0 bridgehead atoms. The molecule has 1 atom stereocenters. The van der Waals surface area contributed by atoms with Gasteiger partial charge >= 0.3 is 0 Å². The number of carbonyl (C=O) groups is 2. The number of nitrogens with zero attached hydrogens (tertiary/aromatic N) is 3. The second-order valence-corrected chi connectivity index (χ2v) is 9.20. The Kier molecular flexibility index (Phi) is 7.10. The number of hydrogen-bond acceptors (Lipinski definition) is 6. The van der Waals surface area contributed by atoms with Crippen LogP contribution in [0.1, 0.15) is 49.4 Å². The summed E-state index contributed by atoms with van der Waals surface area (Å²) in [6.45, 7) is 6.51. The minimum absolute atomic E-state index is 0.0433. The fourth-order valence-electron chi connectivity index (χ4n) is 4.46. The molecule has 0 spiro atoms. The maximum absolute atomic E-state index is 13.4. The number of benzene rings is 2. The first-order valence-corrected chi connectivity index (χ1v) is 12.0. The fourth-order valence-corrected chi connectivity index (χ4v) is 4.46. The standard InChI is InChI=1S/C29H31N3O4/c1-6-36-24-12-7-20(17-23(24)18(2)3)27(33)25-26(19-13-15-30-16-14-19)32(29(35)28(25)34)22-10-8-21(9-11-22)31(4)5/h7-18,26,33H,6H2,1-5H3/b27-25-. The molecule has 1 fully saturated rings. The molecule has 3 aromatic rings. The lowest BCUT2D eigenvalue weighted by atomic mass is 9.93. The van der Waals surface area contributed by atoms with Crippen LogP contribution < -0.4 is 14.5 Å².